The molecule has 1 aromatic carbocycles. The lowest BCUT2D eigenvalue weighted by Crippen LogP contribution is -2.39. The van der Waals surface area contributed by atoms with Crippen molar-refractivity contribution in [2.24, 2.45) is 0 Å². The molecule has 0 fully saturated rings. The van der Waals surface area contributed by atoms with Crippen LogP contribution in [0.4, 0.5) is 5.69 Å². The molecule has 0 aromatic heterocycles. The first kappa shape index (κ1) is 17.6. The number of nitro groups is 1. The molecule has 1 rings (SSSR count). The predicted octanol–water partition coefficient (Wildman–Crippen LogP) is 2.46. The van der Waals surface area contributed by atoms with Crippen molar-refractivity contribution in [1.29, 1.82) is 0 Å². The third kappa shape index (κ3) is 4.83. The number of carbonyl (C=O) groups is 2. The van der Waals surface area contributed by atoms with E-state index in [4.69, 9.17) is 4.74 Å². The molecule has 0 spiro atoms. The minimum absolute atomic E-state index is 0.0439. The molecule has 1 atom stereocenters. The van der Waals surface area contributed by atoms with Gasteiger partial charge in [-0.15, -0.1) is 0 Å². The number of ether oxygens (including phenoxy) is 1. The number of esters is 1. The number of hydrogen-bond acceptors (Lipinski definition) is 5. The minimum atomic E-state index is -0.662. The van der Waals surface area contributed by atoms with Gasteiger partial charge in [0.1, 0.15) is 6.10 Å². The molecule has 0 saturated carbocycles. The number of amides is 1. The van der Waals surface area contributed by atoms with Gasteiger partial charge < -0.3 is 9.64 Å². The zero-order valence-corrected chi connectivity index (χ0v) is 13.1. The summed E-state index contributed by atoms with van der Waals surface area (Å²) < 4.78 is 5.26. The molecule has 1 aromatic rings. The van der Waals surface area contributed by atoms with E-state index in [9.17, 15) is 19.7 Å². The molecule has 0 N–H and O–H groups in total. The average molecular weight is 308 g/mol. The molecule has 0 aliphatic carbocycles. The third-order valence-electron chi connectivity index (χ3n) is 3.17. The fraction of sp³-hybridized carbons (Fsp3) is 0.467. The number of nitrogens with zero attached hydrogens (tertiary/aromatic N) is 2. The molecule has 0 bridgehead atoms. The van der Waals surface area contributed by atoms with Crippen molar-refractivity contribution < 1.29 is 19.2 Å². The molecule has 120 valence electrons. The van der Waals surface area contributed by atoms with E-state index in [0.717, 1.165) is 0 Å². The highest BCUT2D eigenvalue weighted by atomic mass is 16.6. The van der Waals surface area contributed by atoms with Crippen LogP contribution in [0, 0.1) is 10.1 Å². The monoisotopic (exact) mass is 308 g/mol. The Labute approximate surface area is 129 Å². The highest BCUT2D eigenvalue weighted by Gasteiger charge is 2.23. The molecular weight excluding hydrogens is 288 g/mol. The van der Waals surface area contributed by atoms with E-state index in [-0.39, 0.29) is 24.2 Å². The Bertz CT molecular complexity index is 554. The number of non-ortho nitro benzene ring substituents is 1. The van der Waals surface area contributed by atoms with Gasteiger partial charge in [0, 0.05) is 32.0 Å². The van der Waals surface area contributed by atoms with Crippen molar-refractivity contribution in [3.63, 3.8) is 0 Å². The van der Waals surface area contributed by atoms with Crippen LogP contribution in [0.25, 0.3) is 0 Å². The first-order valence-corrected chi connectivity index (χ1v) is 6.91. The first-order chi connectivity index (χ1) is 10.2. The van der Waals surface area contributed by atoms with Gasteiger partial charge in [0.05, 0.1) is 11.5 Å². The van der Waals surface area contributed by atoms with Crippen LogP contribution in [-0.4, -0.2) is 34.3 Å². The zero-order valence-electron chi connectivity index (χ0n) is 13.1. The summed E-state index contributed by atoms with van der Waals surface area (Å²) in [7, 11) is 0. The van der Waals surface area contributed by atoms with Crippen LogP contribution < -0.4 is 0 Å². The summed E-state index contributed by atoms with van der Waals surface area (Å²) in [5.41, 5.74) is 0.560. The Morgan fingerprint density at radius 3 is 2.14 bits per heavy atom. The highest BCUT2D eigenvalue weighted by Crippen LogP contribution is 2.23. The third-order valence-corrected chi connectivity index (χ3v) is 3.17. The maximum absolute atomic E-state index is 11.7. The Morgan fingerprint density at radius 1 is 1.23 bits per heavy atom. The van der Waals surface area contributed by atoms with Crippen LogP contribution >= 0.6 is 0 Å². The average Bonchev–Trinajstić information content (AvgIpc) is 2.42. The van der Waals surface area contributed by atoms with Gasteiger partial charge in [-0.1, -0.05) is 0 Å². The summed E-state index contributed by atoms with van der Waals surface area (Å²) in [5.74, 6) is -0.607. The minimum Gasteiger partial charge on any atom is -0.456 e. The van der Waals surface area contributed by atoms with Crippen molar-refractivity contribution in [3.05, 3.63) is 39.9 Å². The first-order valence-electron chi connectivity index (χ1n) is 6.91. The number of nitro benzene ring substituents is 1. The van der Waals surface area contributed by atoms with E-state index >= 15 is 0 Å². The lowest BCUT2D eigenvalue weighted by molar-refractivity contribution is -0.384. The Kier molecular flexibility index (Phi) is 6.03. The number of hydrogen-bond donors (Lipinski definition) is 0. The normalized spacial score (nSPS) is 11.9. The summed E-state index contributed by atoms with van der Waals surface area (Å²) in [6.07, 6.45) is -0.662. The number of carbonyl (C=O) groups excluding carboxylic acids is 2. The smallest absolute Gasteiger partial charge is 0.303 e. The van der Waals surface area contributed by atoms with Crippen molar-refractivity contribution in [2.45, 2.75) is 39.8 Å². The maximum Gasteiger partial charge on any atom is 0.303 e. The molecule has 22 heavy (non-hydrogen) atoms. The summed E-state index contributed by atoms with van der Waals surface area (Å²) in [6, 6.07) is 5.71. The van der Waals surface area contributed by atoms with E-state index in [1.807, 2.05) is 13.8 Å². The SMILES string of the molecule is CC(=O)OC(CN(C(C)=O)C(C)C)c1ccc([N+](=O)[O-])cc1. The van der Waals surface area contributed by atoms with Gasteiger partial charge in [-0.2, -0.15) is 0 Å². The molecule has 0 saturated heterocycles. The summed E-state index contributed by atoms with van der Waals surface area (Å²) in [4.78, 5) is 34.7. The fourth-order valence-corrected chi connectivity index (χ4v) is 2.10. The maximum atomic E-state index is 11.7. The van der Waals surface area contributed by atoms with Crippen LogP contribution in [-0.2, 0) is 14.3 Å². The Balaban J connectivity index is 3.03. The van der Waals surface area contributed by atoms with E-state index in [1.54, 1.807) is 4.90 Å². The second kappa shape index (κ2) is 7.53. The molecule has 7 nitrogen and oxygen atoms in total. The molecule has 1 unspecified atom stereocenters. The largest absolute Gasteiger partial charge is 0.456 e. The number of rotatable bonds is 6. The van der Waals surface area contributed by atoms with E-state index in [2.05, 4.69) is 0 Å². The van der Waals surface area contributed by atoms with Gasteiger partial charge in [0.15, 0.2) is 0 Å². The van der Waals surface area contributed by atoms with Gasteiger partial charge in [-0.3, -0.25) is 19.7 Å². The van der Waals surface area contributed by atoms with Gasteiger partial charge in [-0.05, 0) is 31.5 Å². The lowest BCUT2D eigenvalue weighted by atomic mass is 10.1. The Morgan fingerprint density at radius 2 is 1.77 bits per heavy atom. The quantitative estimate of drug-likeness (QED) is 0.457. The van der Waals surface area contributed by atoms with E-state index in [0.29, 0.717) is 5.56 Å². The van der Waals surface area contributed by atoms with E-state index in [1.165, 1.54) is 38.1 Å². The fourth-order valence-electron chi connectivity index (χ4n) is 2.10. The van der Waals surface area contributed by atoms with Crippen LogP contribution in [0.5, 0.6) is 0 Å². The summed E-state index contributed by atoms with van der Waals surface area (Å²) in [5, 5.41) is 10.7. The van der Waals surface area contributed by atoms with Gasteiger partial charge in [0.2, 0.25) is 5.91 Å². The molecule has 0 aliphatic heterocycles. The molecule has 1 amide bonds. The van der Waals surface area contributed by atoms with Gasteiger partial charge in [0.25, 0.3) is 5.69 Å². The topological polar surface area (TPSA) is 89.8 Å². The summed E-state index contributed by atoms with van der Waals surface area (Å²) in [6.45, 7) is 6.65. The van der Waals surface area contributed by atoms with Crippen molar-refractivity contribution >= 4 is 17.6 Å². The molecule has 7 heteroatoms. The van der Waals surface area contributed by atoms with Crippen molar-refractivity contribution in [2.75, 3.05) is 6.54 Å². The molecule has 0 radical (unpaired) electrons. The highest BCUT2D eigenvalue weighted by molar-refractivity contribution is 5.73. The van der Waals surface area contributed by atoms with Crippen LogP contribution in [0.15, 0.2) is 24.3 Å². The molecule has 0 aliphatic rings. The van der Waals surface area contributed by atoms with Crippen LogP contribution in [0.3, 0.4) is 0 Å². The molecule has 0 heterocycles. The Hall–Kier alpha value is -2.44. The summed E-state index contributed by atoms with van der Waals surface area (Å²) >= 11 is 0. The van der Waals surface area contributed by atoms with E-state index < -0.39 is 17.0 Å². The van der Waals surface area contributed by atoms with Crippen molar-refractivity contribution in [1.82, 2.24) is 4.90 Å². The van der Waals surface area contributed by atoms with Crippen LogP contribution in [0.2, 0.25) is 0 Å². The molecular formula is C15H20N2O5. The van der Waals surface area contributed by atoms with Crippen molar-refractivity contribution in [3.8, 4) is 0 Å². The number of benzene rings is 1. The predicted molar refractivity (Wildman–Crippen MR) is 80.1 cm³/mol. The van der Waals surface area contributed by atoms with Crippen LogP contribution in [0.1, 0.15) is 39.4 Å². The lowest BCUT2D eigenvalue weighted by Gasteiger charge is -2.29. The second-order valence-corrected chi connectivity index (χ2v) is 5.21. The second-order valence-electron chi connectivity index (χ2n) is 5.21. The standard InChI is InChI=1S/C15H20N2O5/c1-10(2)16(11(3)18)9-15(22-12(4)19)13-5-7-14(8-6-13)17(20)21/h5-8,10,15H,9H2,1-4H3. The zero-order chi connectivity index (χ0) is 16.9. The van der Waals surface area contributed by atoms with Gasteiger partial charge >= 0.3 is 5.97 Å². The van der Waals surface area contributed by atoms with Gasteiger partial charge in [-0.25, -0.2) is 0 Å².